The highest BCUT2D eigenvalue weighted by Crippen LogP contribution is 2.03. The Morgan fingerprint density at radius 2 is 2.10 bits per heavy atom. The molecule has 124 valence electrons. The average molecular weight is 300 g/mol. The fraction of sp³-hybridized carbons (Fsp3) is 0.933. The summed E-state index contributed by atoms with van der Waals surface area (Å²) in [4.78, 5) is 7.13. The zero-order valence-corrected chi connectivity index (χ0v) is 13.9. The predicted octanol–water partition coefficient (Wildman–Crippen LogP) is 0.546. The fourth-order valence-corrected chi connectivity index (χ4v) is 2.29. The van der Waals surface area contributed by atoms with Gasteiger partial charge in [-0.15, -0.1) is 0 Å². The minimum absolute atomic E-state index is 0.553. The highest BCUT2D eigenvalue weighted by atomic mass is 16.5. The molecule has 2 N–H and O–H groups in total. The minimum Gasteiger partial charge on any atom is -0.385 e. The highest BCUT2D eigenvalue weighted by molar-refractivity contribution is 5.79. The smallest absolute Gasteiger partial charge is 0.191 e. The van der Waals surface area contributed by atoms with Crippen LogP contribution in [-0.4, -0.2) is 77.1 Å². The van der Waals surface area contributed by atoms with E-state index in [0.717, 1.165) is 71.5 Å². The lowest BCUT2D eigenvalue weighted by Crippen LogP contribution is -2.40. The number of aliphatic imine (C=N–C) groups is 1. The number of morpholine rings is 1. The number of methoxy groups -OCH3 is 1. The van der Waals surface area contributed by atoms with Crippen LogP contribution >= 0.6 is 0 Å². The molecule has 1 aliphatic rings. The number of nitrogens with zero attached hydrogens (tertiary/aromatic N) is 2. The molecule has 0 aromatic heterocycles. The van der Waals surface area contributed by atoms with Crippen LogP contribution in [-0.2, 0) is 9.47 Å². The van der Waals surface area contributed by atoms with Crippen molar-refractivity contribution >= 4 is 5.96 Å². The molecule has 0 aromatic rings. The zero-order chi connectivity index (χ0) is 15.3. The van der Waals surface area contributed by atoms with Crippen LogP contribution in [0.5, 0.6) is 0 Å². The molecule has 1 saturated heterocycles. The molecular weight excluding hydrogens is 268 g/mol. The van der Waals surface area contributed by atoms with E-state index in [1.165, 1.54) is 0 Å². The molecule has 0 bridgehead atoms. The minimum atomic E-state index is 0.553. The third-order valence-corrected chi connectivity index (χ3v) is 3.40. The van der Waals surface area contributed by atoms with E-state index in [1.807, 2.05) is 0 Å². The molecule has 1 fully saturated rings. The molecule has 1 rings (SSSR count). The van der Waals surface area contributed by atoms with Crippen molar-refractivity contribution in [1.82, 2.24) is 15.5 Å². The number of guanidine groups is 1. The summed E-state index contributed by atoms with van der Waals surface area (Å²) in [5, 5.41) is 6.62. The van der Waals surface area contributed by atoms with Crippen molar-refractivity contribution in [2.75, 3.05) is 66.2 Å². The second-order valence-electron chi connectivity index (χ2n) is 5.51. The van der Waals surface area contributed by atoms with Crippen molar-refractivity contribution in [2.45, 2.75) is 20.3 Å². The molecule has 0 aliphatic carbocycles. The normalized spacial score (nSPS) is 18.5. The molecular formula is C15H32N4O2. The Bertz CT molecular complexity index is 281. The summed E-state index contributed by atoms with van der Waals surface area (Å²) in [6, 6.07) is 0. The molecule has 1 unspecified atom stereocenters. The van der Waals surface area contributed by atoms with Gasteiger partial charge in [0.2, 0.25) is 0 Å². The van der Waals surface area contributed by atoms with E-state index in [0.29, 0.717) is 5.92 Å². The van der Waals surface area contributed by atoms with Gasteiger partial charge in [-0.25, -0.2) is 0 Å². The van der Waals surface area contributed by atoms with E-state index in [1.54, 1.807) is 7.11 Å². The van der Waals surface area contributed by atoms with Gasteiger partial charge in [0.15, 0.2) is 5.96 Å². The van der Waals surface area contributed by atoms with E-state index in [2.05, 4.69) is 34.4 Å². The van der Waals surface area contributed by atoms with Crippen molar-refractivity contribution in [3.8, 4) is 0 Å². The van der Waals surface area contributed by atoms with Gasteiger partial charge in [0.25, 0.3) is 0 Å². The molecule has 6 heteroatoms. The summed E-state index contributed by atoms with van der Waals surface area (Å²) in [6.07, 6.45) is 0.990. The largest absolute Gasteiger partial charge is 0.385 e. The first-order valence-corrected chi connectivity index (χ1v) is 8.07. The van der Waals surface area contributed by atoms with Gasteiger partial charge < -0.3 is 20.1 Å². The molecule has 1 aliphatic heterocycles. The van der Waals surface area contributed by atoms with Crippen molar-refractivity contribution in [2.24, 2.45) is 10.9 Å². The maximum absolute atomic E-state index is 5.38. The quantitative estimate of drug-likeness (QED) is 0.370. The number of hydrogen-bond acceptors (Lipinski definition) is 4. The van der Waals surface area contributed by atoms with Gasteiger partial charge in [-0.3, -0.25) is 9.89 Å². The van der Waals surface area contributed by atoms with Crippen LogP contribution in [0.25, 0.3) is 0 Å². The Kier molecular flexibility index (Phi) is 10.2. The van der Waals surface area contributed by atoms with Gasteiger partial charge >= 0.3 is 0 Å². The molecule has 0 saturated carbocycles. The van der Waals surface area contributed by atoms with E-state index < -0.39 is 0 Å². The summed E-state index contributed by atoms with van der Waals surface area (Å²) in [7, 11) is 1.73. The molecule has 0 spiro atoms. The van der Waals surface area contributed by atoms with Crippen LogP contribution in [0.4, 0.5) is 0 Å². The van der Waals surface area contributed by atoms with Gasteiger partial charge in [0.1, 0.15) is 0 Å². The zero-order valence-electron chi connectivity index (χ0n) is 13.9. The second kappa shape index (κ2) is 11.8. The first kappa shape index (κ1) is 18.2. The van der Waals surface area contributed by atoms with E-state index in [4.69, 9.17) is 9.47 Å². The summed E-state index contributed by atoms with van der Waals surface area (Å²) < 4.78 is 10.4. The van der Waals surface area contributed by atoms with Crippen molar-refractivity contribution in [3.63, 3.8) is 0 Å². The number of ether oxygens (including phenoxy) is 2. The molecule has 0 radical (unpaired) electrons. The lowest BCUT2D eigenvalue weighted by Gasteiger charge is -2.28. The molecule has 6 nitrogen and oxygen atoms in total. The van der Waals surface area contributed by atoms with Gasteiger partial charge in [-0.2, -0.15) is 0 Å². The van der Waals surface area contributed by atoms with Crippen LogP contribution in [0.15, 0.2) is 4.99 Å². The molecule has 0 amide bonds. The van der Waals surface area contributed by atoms with Crippen LogP contribution in [0.2, 0.25) is 0 Å². The maximum Gasteiger partial charge on any atom is 0.191 e. The van der Waals surface area contributed by atoms with Gasteiger partial charge in [0, 0.05) is 53.0 Å². The molecule has 1 atom stereocenters. The fourth-order valence-electron chi connectivity index (χ4n) is 2.29. The number of hydrogen-bond donors (Lipinski definition) is 2. The van der Waals surface area contributed by atoms with Gasteiger partial charge in [-0.05, 0) is 19.3 Å². The first-order valence-electron chi connectivity index (χ1n) is 8.07. The van der Waals surface area contributed by atoms with Crippen molar-refractivity contribution in [1.29, 1.82) is 0 Å². The highest BCUT2D eigenvalue weighted by Gasteiger charge is 2.13. The van der Waals surface area contributed by atoms with E-state index in [9.17, 15) is 0 Å². The number of rotatable bonds is 9. The standard InChI is InChI=1S/C15H32N4O2/c1-4-16-15(17-6-5-9-20-3)18-12-14(2)13-19-7-10-21-11-8-19/h14H,4-13H2,1-3H3,(H2,16,17,18). The van der Waals surface area contributed by atoms with Crippen molar-refractivity contribution < 1.29 is 9.47 Å². The maximum atomic E-state index is 5.38. The van der Waals surface area contributed by atoms with Crippen LogP contribution in [0.1, 0.15) is 20.3 Å². The monoisotopic (exact) mass is 300 g/mol. The Morgan fingerprint density at radius 3 is 2.76 bits per heavy atom. The third kappa shape index (κ3) is 8.90. The van der Waals surface area contributed by atoms with Crippen LogP contribution < -0.4 is 10.6 Å². The molecule has 0 aromatic carbocycles. The predicted molar refractivity (Wildman–Crippen MR) is 86.9 cm³/mol. The van der Waals surface area contributed by atoms with Crippen LogP contribution in [0, 0.1) is 5.92 Å². The SMILES string of the molecule is CCNC(=NCC(C)CN1CCOCC1)NCCCOC. The topological polar surface area (TPSA) is 58.1 Å². The summed E-state index contributed by atoms with van der Waals surface area (Å²) in [5.41, 5.74) is 0. The summed E-state index contributed by atoms with van der Waals surface area (Å²) in [6.45, 7) is 12.6. The Morgan fingerprint density at radius 1 is 1.33 bits per heavy atom. The van der Waals surface area contributed by atoms with E-state index >= 15 is 0 Å². The summed E-state index contributed by atoms with van der Waals surface area (Å²) in [5.74, 6) is 1.46. The lowest BCUT2D eigenvalue weighted by atomic mass is 10.1. The lowest BCUT2D eigenvalue weighted by molar-refractivity contribution is 0.0323. The average Bonchev–Trinajstić information content (AvgIpc) is 2.50. The first-order chi connectivity index (χ1) is 10.3. The Hall–Kier alpha value is -0.850. The Balaban J connectivity index is 2.26. The second-order valence-corrected chi connectivity index (χ2v) is 5.51. The molecule has 1 heterocycles. The van der Waals surface area contributed by atoms with Gasteiger partial charge in [-0.1, -0.05) is 6.92 Å². The Labute approximate surface area is 129 Å². The molecule has 21 heavy (non-hydrogen) atoms. The van der Waals surface area contributed by atoms with Crippen LogP contribution in [0.3, 0.4) is 0 Å². The van der Waals surface area contributed by atoms with E-state index in [-0.39, 0.29) is 0 Å². The number of nitrogens with one attached hydrogen (secondary N) is 2. The van der Waals surface area contributed by atoms with Crippen molar-refractivity contribution in [3.05, 3.63) is 0 Å². The third-order valence-electron chi connectivity index (χ3n) is 3.40. The van der Waals surface area contributed by atoms with Gasteiger partial charge in [0.05, 0.1) is 13.2 Å². The summed E-state index contributed by atoms with van der Waals surface area (Å²) >= 11 is 0.